The Morgan fingerprint density at radius 3 is 2.30 bits per heavy atom. The van der Waals surface area contributed by atoms with Gasteiger partial charge in [0.05, 0.1) is 6.42 Å². The molecule has 0 saturated heterocycles. The summed E-state index contributed by atoms with van der Waals surface area (Å²) in [6.07, 6.45) is 0.0627. The van der Waals surface area contributed by atoms with Gasteiger partial charge in [-0.1, -0.05) is 6.07 Å². The topological polar surface area (TPSA) is 99.7 Å². The van der Waals surface area contributed by atoms with Crippen molar-refractivity contribution in [2.24, 2.45) is 5.10 Å². The number of hydrazone groups is 1. The number of carbonyl (C=O) groups is 3. The molecule has 140 valence electrons. The Labute approximate surface area is 170 Å². The molecule has 0 aliphatic rings. The summed E-state index contributed by atoms with van der Waals surface area (Å²) in [5.41, 5.74) is 4.60. The average molecular weight is 478 g/mol. The first-order valence-corrected chi connectivity index (χ1v) is 9.18. The minimum atomic E-state index is -0.401. The van der Waals surface area contributed by atoms with Crippen LogP contribution in [0, 0.1) is 3.57 Å². The number of amides is 3. The highest BCUT2D eigenvalue weighted by molar-refractivity contribution is 14.1. The second kappa shape index (κ2) is 9.81. The third kappa shape index (κ3) is 7.18. The second-order valence-corrected chi connectivity index (χ2v) is 7.03. The minimum absolute atomic E-state index is 0.0627. The minimum Gasteiger partial charge on any atom is -0.326 e. The monoisotopic (exact) mass is 478 g/mol. The molecule has 0 unspecified atom stereocenters. The van der Waals surface area contributed by atoms with Crippen LogP contribution in [-0.4, -0.2) is 23.4 Å². The Balaban J connectivity index is 1.87. The lowest BCUT2D eigenvalue weighted by Gasteiger charge is -2.06. The van der Waals surface area contributed by atoms with Gasteiger partial charge in [0.1, 0.15) is 0 Å². The van der Waals surface area contributed by atoms with E-state index in [9.17, 15) is 14.4 Å². The van der Waals surface area contributed by atoms with Gasteiger partial charge in [0.25, 0.3) is 5.91 Å². The first-order chi connectivity index (χ1) is 12.8. The molecule has 0 aliphatic heterocycles. The zero-order valence-corrected chi connectivity index (χ0v) is 17.0. The Morgan fingerprint density at radius 2 is 1.67 bits per heavy atom. The van der Waals surface area contributed by atoms with Crippen LogP contribution in [0.5, 0.6) is 0 Å². The third-order valence-corrected chi connectivity index (χ3v) is 4.01. The molecule has 2 aromatic carbocycles. The van der Waals surface area contributed by atoms with Crippen molar-refractivity contribution in [1.29, 1.82) is 0 Å². The summed E-state index contributed by atoms with van der Waals surface area (Å²) in [6, 6.07) is 13.9. The average Bonchev–Trinajstić information content (AvgIpc) is 2.59. The second-order valence-electron chi connectivity index (χ2n) is 5.78. The van der Waals surface area contributed by atoms with Crippen LogP contribution in [0.25, 0.3) is 0 Å². The van der Waals surface area contributed by atoms with Crippen molar-refractivity contribution in [3.63, 3.8) is 0 Å². The van der Waals surface area contributed by atoms with Gasteiger partial charge >= 0.3 is 0 Å². The molecular formula is C19H19IN4O3. The molecule has 0 fully saturated rings. The van der Waals surface area contributed by atoms with Crippen molar-refractivity contribution in [1.82, 2.24) is 5.43 Å². The molecule has 0 saturated carbocycles. The lowest BCUT2D eigenvalue weighted by atomic mass is 10.2. The number of halogens is 1. The van der Waals surface area contributed by atoms with E-state index in [1.54, 1.807) is 37.3 Å². The van der Waals surface area contributed by atoms with Gasteiger partial charge in [-0.05, 0) is 72.0 Å². The van der Waals surface area contributed by atoms with E-state index in [0.29, 0.717) is 22.6 Å². The van der Waals surface area contributed by atoms with E-state index in [1.165, 1.54) is 6.92 Å². The van der Waals surface area contributed by atoms with E-state index in [1.807, 2.05) is 18.2 Å². The van der Waals surface area contributed by atoms with E-state index >= 15 is 0 Å². The van der Waals surface area contributed by atoms with E-state index in [0.717, 1.165) is 3.57 Å². The predicted octanol–water partition coefficient (Wildman–Crippen LogP) is 3.38. The van der Waals surface area contributed by atoms with Gasteiger partial charge in [-0.15, -0.1) is 0 Å². The molecule has 0 bridgehead atoms. The van der Waals surface area contributed by atoms with Crippen LogP contribution in [0.3, 0.4) is 0 Å². The fraction of sp³-hybridized carbons (Fsp3) is 0.158. The lowest BCUT2D eigenvalue weighted by molar-refractivity contribution is -0.115. The summed E-state index contributed by atoms with van der Waals surface area (Å²) in [4.78, 5) is 35.1. The highest BCUT2D eigenvalue weighted by atomic mass is 127. The van der Waals surface area contributed by atoms with Gasteiger partial charge in [0.15, 0.2) is 0 Å². The molecule has 2 aromatic rings. The van der Waals surface area contributed by atoms with Crippen LogP contribution in [0.2, 0.25) is 0 Å². The van der Waals surface area contributed by atoms with Gasteiger partial charge in [-0.3, -0.25) is 14.4 Å². The van der Waals surface area contributed by atoms with E-state index < -0.39 is 5.91 Å². The van der Waals surface area contributed by atoms with Crippen LogP contribution in [0.15, 0.2) is 53.6 Å². The number of benzene rings is 2. The quantitative estimate of drug-likeness (QED) is 0.337. The Hall–Kier alpha value is -2.75. The first-order valence-electron chi connectivity index (χ1n) is 8.10. The zero-order chi connectivity index (χ0) is 19.8. The number of hydrogen-bond donors (Lipinski definition) is 3. The van der Waals surface area contributed by atoms with Crippen LogP contribution < -0.4 is 16.1 Å². The molecule has 2 rings (SSSR count). The van der Waals surface area contributed by atoms with Crippen LogP contribution in [-0.2, 0) is 9.59 Å². The summed E-state index contributed by atoms with van der Waals surface area (Å²) >= 11 is 2.17. The number of hydrogen-bond acceptors (Lipinski definition) is 4. The molecule has 0 atom stereocenters. The predicted molar refractivity (Wildman–Crippen MR) is 114 cm³/mol. The van der Waals surface area contributed by atoms with Crippen LogP contribution >= 0.6 is 22.6 Å². The van der Waals surface area contributed by atoms with Crippen molar-refractivity contribution in [3.05, 3.63) is 57.7 Å². The SMILES string of the molecule is CC(=O)Nc1ccc(C(=O)N/N=C(\C)CC(=O)Nc2cccc(I)c2)cc1. The Bertz CT molecular complexity index is 879. The summed E-state index contributed by atoms with van der Waals surface area (Å²) in [6.45, 7) is 3.07. The first kappa shape index (κ1) is 20.6. The van der Waals surface area contributed by atoms with Crippen LogP contribution in [0.4, 0.5) is 11.4 Å². The maximum Gasteiger partial charge on any atom is 0.271 e. The van der Waals surface area contributed by atoms with Gasteiger partial charge in [-0.25, -0.2) is 5.43 Å². The smallest absolute Gasteiger partial charge is 0.271 e. The highest BCUT2D eigenvalue weighted by Gasteiger charge is 2.08. The van der Waals surface area contributed by atoms with Crippen molar-refractivity contribution >= 4 is 57.4 Å². The molecule has 0 spiro atoms. The fourth-order valence-corrected chi connectivity index (χ4v) is 2.71. The van der Waals surface area contributed by atoms with E-state index in [-0.39, 0.29) is 18.2 Å². The van der Waals surface area contributed by atoms with E-state index in [4.69, 9.17) is 0 Å². The number of anilines is 2. The van der Waals surface area contributed by atoms with Crippen LogP contribution in [0.1, 0.15) is 30.6 Å². The molecule has 3 amide bonds. The van der Waals surface area contributed by atoms with Crippen molar-refractivity contribution in [2.75, 3.05) is 10.6 Å². The van der Waals surface area contributed by atoms with Crippen molar-refractivity contribution < 1.29 is 14.4 Å². The van der Waals surface area contributed by atoms with Gasteiger partial charge in [0, 0.05) is 33.1 Å². The molecule has 8 heteroatoms. The molecule has 0 heterocycles. The molecule has 7 nitrogen and oxygen atoms in total. The Morgan fingerprint density at radius 1 is 0.963 bits per heavy atom. The molecule has 27 heavy (non-hydrogen) atoms. The van der Waals surface area contributed by atoms with Crippen molar-refractivity contribution in [2.45, 2.75) is 20.3 Å². The summed E-state index contributed by atoms with van der Waals surface area (Å²) in [7, 11) is 0. The fourth-order valence-electron chi connectivity index (χ4n) is 2.16. The largest absolute Gasteiger partial charge is 0.326 e. The lowest BCUT2D eigenvalue weighted by Crippen LogP contribution is -2.21. The number of nitrogens with one attached hydrogen (secondary N) is 3. The summed E-state index contributed by atoms with van der Waals surface area (Å²) in [5.74, 6) is -0.801. The number of rotatable bonds is 6. The molecule has 0 radical (unpaired) electrons. The number of carbonyl (C=O) groups excluding carboxylic acids is 3. The molecule has 3 N–H and O–H groups in total. The number of nitrogens with zero attached hydrogens (tertiary/aromatic N) is 1. The normalized spacial score (nSPS) is 10.9. The van der Waals surface area contributed by atoms with E-state index in [2.05, 4.69) is 43.8 Å². The maximum atomic E-state index is 12.1. The summed E-state index contributed by atoms with van der Waals surface area (Å²) < 4.78 is 1.02. The molecule has 0 aliphatic carbocycles. The van der Waals surface area contributed by atoms with Gasteiger partial charge in [0.2, 0.25) is 11.8 Å². The van der Waals surface area contributed by atoms with Crippen molar-refractivity contribution in [3.8, 4) is 0 Å². The third-order valence-electron chi connectivity index (χ3n) is 3.34. The van der Waals surface area contributed by atoms with Gasteiger partial charge < -0.3 is 10.6 Å². The molecule has 0 aromatic heterocycles. The summed E-state index contributed by atoms with van der Waals surface area (Å²) in [5, 5.41) is 9.36. The zero-order valence-electron chi connectivity index (χ0n) is 14.9. The Kier molecular flexibility index (Phi) is 7.47. The molecular weight excluding hydrogens is 459 g/mol. The standard InChI is InChI=1S/C19H19IN4O3/c1-12(10-18(26)22-17-5-3-4-15(20)11-17)23-24-19(27)14-6-8-16(9-7-14)21-13(2)25/h3-9,11H,10H2,1-2H3,(H,21,25)(H,22,26)(H,24,27)/b23-12+. The van der Waals surface area contributed by atoms with Gasteiger partial charge in [-0.2, -0.15) is 5.10 Å². The highest BCUT2D eigenvalue weighted by Crippen LogP contribution is 2.13. The maximum absolute atomic E-state index is 12.1.